The number of aromatic nitrogens is 2. The van der Waals surface area contributed by atoms with E-state index >= 15 is 0 Å². The number of hydrogen-bond donors (Lipinski definition) is 0. The van der Waals surface area contributed by atoms with Crippen LogP contribution in [0.25, 0.3) is 5.52 Å². The predicted octanol–water partition coefficient (Wildman–Crippen LogP) is 2.86. The molecule has 0 saturated heterocycles. The Hall–Kier alpha value is -2.98. The summed E-state index contributed by atoms with van der Waals surface area (Å²) in [6.45, 7) is 1.56. The second-order valence-corrected chi connectivity index (χ2v) is 8.02. The maximum Gasteiger partial charge on any atom is 0.279 e. The molecule has 0 fully saturated rings. The molecule has 9 nitrogen and oxygen atoms in total. The van der Waals surface area contributed by atoms with E-state index in [1.807, 2.05) is 0 Å². The molecular weight excluding hydrogens is 394 g/mol. The first-order valence-corrected chi connectivity index (χ1v) is 9.43. The summed E-state index contributed by atoms with van der Waals surface area (Å²) in [6.07, 6.45) is 4.53. The van der Waals surface area contributed by atoms with Crippen molar-refractivity contribution < 1.29 is 13.3 Å². The Bertz CT molecular complexity index is 1170. The van der Waals surface area contributed by atoms with E-state index in [-0.39, 0.29) is 10.6 Å². The van der Waals surface area contributed by atoms with Gasteiger partial charge in [0.25, 0.3) is 15.7 Å². The van der Waals surface area contributed by atoms with Crippen molar-refractivity contribution in [1.29, 1.82) is 0 Å². The van der Waals surface area contributed by atoms with Crippen LogP contribution in [0.1, 0.15) is 11.1 Å². The van der Waals surface area contributed by atoms with Crippen molar-refractivity contribution in [3.05, 3.63) is 69.0 Å². The third-order valence-corrected chi connectivity index (χ3v) is 5.90. The van der Waals surface area contributed by atoms with Crippen LogP contribution in [0, 0.1) is 17.0 Å². The topological polar surface area (TPSA) is 110 Å². The van der Waals surface area contributed by atoms with Gasteiger partial charge in [-0.1, -0.05) is 17.7 Å². The Balaban J connectivity index is 1.96. The van der Waals surface area contributed by atoms with Gasteiger partial charge in [-0.05, 0) is 24.6 Å². The first kappa shape index (κ1) is 18.8. The zero-order valence-electron chi connectivity index (χ0n) is 14.3. The van der Waals surface area contributed by atoms with Gasteiger partial charge in [-0.3, -0.25) is 10.1 Å². The molecule has 0 aliphatic heterocycles. The highest BCUT2D eigenvalue weighted by molar-refractivity contribution is 7.89. The van der Waals surface area contributed by atoms with Crippen LogP contribution in [0.5, 0.6) is 0 Å². The summed E-state index contributed by atoms with van der Waals surface area (Å²) >= 11 is 5.97. The highest BCUT2D eigenvalue weighted by Crippen LogP contribution is 2.24. The molecule has 0 saturated carbocycles. The van der Waals surface area contributed by atoms with Crippen molar-refractivity contribution in [3.63, 3.8) is 0 Å². The van der Waals surface area contributed by atoms with E-state index in [1.165, 1.54) is 31.6 Å². The van der Waals surface area contributed by atoms with Gasteiger partial charge in [0.15, 0.2) is 0 Å². The van der Waals surface area contributed by atoms with Crippen molar-refractivity contribution in [2.45, 2.75) is 11.8 Å². The number of halogens is 1. The number of aryl methyl sites for hydroxylation is 1. The smallest absolute Gasteiger partial charge is 0.258 e. The third kappa shape index (κ3) is 3.62. The van der Waals surface area contributed by atoms with Gasteiger partial charge in [-0.25, -0.2) is 4.52 Å². The third-order valence-electron chi connectivity index (χ3n) is 3.88. The van der Waals surface area contributed by atoms with Gasteiger partial charge in [0.2, 0.25) is 0 Å². The number of nitro groups is 1. The zero-order valence-corrected chi connectivity index (χ0v) is 15.8. The summed E-state index contributed by atoms with van der Waals surface area (Å²) in [5.41, 5.74) is 1.29. The van der Waals surface area contributed by atoms with Crippen molar-refractivity contribution in [3.8, 4) is 0 Å². The van der Waals surface area contributed by atoms with Crippen LogP contribution in [-0.4, -0.2) is 40.6 Å². The Morgan fingerprint density at radius 3 is 2.78 bits per heavy atom. The highest BCUT2D eigenvalue weighted by Gasteiger charge is 2.24. The molecular formula is C16H14ClN5O4S. The minimum Gasteiger partial charge on any atom is -0.258 e. The number of benzene rings is 1. The standard InChI is InChI=1S/C16H14ClN5O4S/c1-11-3-4-14(22(23)24)8-16(11)27(25,26)20(2)18-9-12-10-19-21-6-5-13(17)7-15(12)21/h3-10H,1-2H3/b18-9-. The predicted molar refractivity (Wildman–Crippen MR) is 101 cm³/mol. The monoisotopic (exact) mass is 407 g/mol. The summed E-state index contributed by atoms with van der Waals surface area (Å²) in [5.74, 6) is 0. The molecule has 140 valence electrons. The molecule has 27 heavy (non-hydrogen) atoms. The van der Waals surface area contributed by atoms with Gasteiger partial charge in [-0.15, -0.1) is 0 Å². The molecule has 0 unspecified atom stereocenters. The molecule has 0 spiro atoms. The van der Waals surface area contributed by atoms with Crippen LogP contribution >= 0.6 is 11.6 Å². The molecule has 2 aromatic heterocycles. The highest BCUT2D eigenvalue weighted by atomic mass is 35.5. The fraction of sp³-hybridized carbons (Fsp3) is 0.125. The summed E-state index contributed by atoms with van der Waals surface area (Å²) in [4.78, 5) is 10.1. The van der Waals surface area contributed by atoms with Crippen LogP contribution in [0.3, 0.4) is 0 Å². The molecule has 2 heterocycles. The molecule has 3 rings (SSSR count). The Morgan fingerprint density at radius 2 is 2.07 bits per heavy atom. The van der Waals surface area contributed by atoms with Crippen molar-refractivity contribution in [2.24, 2.45) is 5.10 Å². The van der Waals surface area contributed by atoms with E-state index in [0.717, 1.165) is 10.5 Å². The molecule has 0 bridgehead atoms. The quantitative estimate of drug-likeness (QED) is 0.367. The van der Waals surface area contributed by atoms with Crippen LogP contribution in [0.15, 0.2) is 52.7 Å². The average Bonchev–Trinajstić information content (AvgIpc) is 3.01. The van der Waals surface area contributed by atoms with E-state index in [1.54, 1.807) is 29.8 Å². The van der Waals surface area contributed by atoms with E-state index in [9.17, 15) is 18.5 Å². The maximum absolute atomic E-state index is 12.8. The first-order chi connectivity index (χ1) is 12.7. The number of fused-ring (bicyclic) bond motifs is 1. The van der Waals surface area contributed by atoms with Crippen LogP contribution in [0.2, 0.25) is 5.02 Å². The lowest BCUT2D eigenvalue weighted by atomic mass is 10.2. The number of nitro benzene ring substituents is 1. The zero-order chi connectivity index (χ0) is 19.8. The van der Waals surface area contributed by atoms with E-state index in [2.05, 4.69) is 10.2 Å². The fourth-order valence-corrected chi connectivity index (χ4v) is 3.76. The molecule has 0 radical (unpaired) electrons. The number of hydrazone groups is 1. The van der Waals surface area contributed by atoms with Crippen molar-refractivity contribution >= 4 is 39.0 Å². The van der Waals surface area contributed by atoms with Crippen LogP contribution in [0.4, 0.5) is 5.69 Å². The van der Waals surface area contributed by atoms with Gasteiger partial charge in [0.05, 0.1) is 27.7 Å². The molecule has 3 aromatic rings. The molecule has 0 atom stereocenters. The van der Waals surface area contributed by atoms with Crippen molar-refractivity contribution in [1.82, 2.24) is 14.0 Å². The Kier molecular flexibility index (Phi) is 4.85. The minimum atomic E-state index is -4.06. The molecule has 0 N–H and O–H groups in total. The lowest BCUT2D eigenvalue weighted by Crippen LogP contribution is -2.22. The van der Waals surface area contributed by atoms with E-state index < -0.39 is 14.9 Å². The van der Waals surface area contributed by atoms with Crippen LogP contribution < -0.4 is 0 Å². The molecule has 1 aromatic carbocycles. The number of non-ortho nitro benzene ring substituents is 1. The summed E-state index contributed by atoms with van der Waals surface area (Å²) in [6, 6.07) is 7.00. The van der Waals surface area contributed by atoms with Crippen molar-refractivity contribution in [2.75, 3.05) is 7.05 Å². The minimum absolute atomic E-state index is 0.181. The van der Waals surface area contributed by atoms with Gasteiger partial charge in [0.1, 0.15) is 0 Å². The van der Waals surface area contributed by atoms with E-state index in [4.69, 9.17) is 11.6 Å². The number of sulfonamides is 1. The van der Waals surface area contributed by atoms with Gasteiger partial charge >= 0.3 is 0 Å². The van der Waals surface area contributed by atoms with Gasteiger partial charge < -0.3 is 0 Å². The second-order valence-electron chi connectivity index (χ2n) is 5.67. The Labute approximate surface area is 159 Å². The number of hydrogen-bond acceptors (Lipinski definition) is 6. The van der Waals surface area contributed by atoms with Gasteiger partial charge in [0, 0.05) is 36.0 Å². The maximum atomic E-state index is 12.8. The summed E-state index contributed by atoms with van der Waals surface area (Å²) in [5, 5.41) is 19.5. The number of nitrogens with zero attached hydrogens (tertiary/aromatic N) is 5. The Morgan fingerprint density at radius 1 is 1.33 bits per heavy atom. The second kappa shape index (κ2) is 6.97. The lowest BCUT2D eigenvalue weighted by molar-refractivity contribution is -0.385. The summed E-state index contributed by atoms with van der Waals surface area (Å²) < 4.78 is 27.8. The van der Waals surface area contributed by atoms with Crippen LogP contribution in [-0.2, 0) is 10.0 Å². The summed E-state index contributed by atoms with van der Waals surface area (Å²) in [7, 11) is -2.81. The average molecular weight is 408 g/mol. The molecule has 0 amide bonds. The molecule has 0 aliphatic carbocycles. The van der Waals surface area contributed by atoms with E-state index in [0.29, 0.717) is 21.7 Å². The number of rotatable bonds is 5. The SMILES string of the molecule is Cc1ccc([N+](=O)[O-])cc1S(=O)(=O)N(C)/N=C\c1cnn2ccc(Cl)cc12. The first-order valence-electron chi connectivity index (χ1n) is 7.61. The molecule has 0 aliphatic rings. The lowest BCUT2D eigenvalue weighted by Gasteiger charge is -2.15. The fourth-order valence-electron chi connectivity index (χ4n) is 2.40. The van der Waals surface area contributed by atoms with Gasteiger partial charge in [-0.2, -0.15) is 23.0 Å². The molecule has 11 heteroatoms. The number of pyridine rings is 1. The largest absolute Gasteiger partial charge is 0.279 e. The normalized spacial score (nSPS) is 12.0.